The molecule has 2 aromatic rings. The molecular formula is C18H20N4O3. The summed E-state index contributed by atoms with van der Waals surface area (Å²) in [5, 5.41) is 6.86. The van der Waals surface area contributed by atoms with Gasteiger partial charge in [-0.2, -0.15) is 0 Å². The van der Waals surface area contributed by atoms with Gasteiger partial charge in [0.05, 0.1) is 12.1 Å². The highest BCUT2D eigenvalue weighted by molar-refractivity contribution is 5.95. The van der Waals surface area contributed by atoms with Crippen LogP contribution in [-0.2, 0) is 4.79 Å². The van der Waals surface area contributed by atoms with Gasteiger partial charge in [-0.3, -0.25) is 14.6 Å². The fraction of sp³-hybridized carbons (Fsp3) is 0.444. The predicted molar refractivity (Wildman–Crippen MR) is 88.8 cm³/mol. The van der Waals surface area contributed by atoms with Gasteiger partial charge in [0, 0.05) is 31.0 Å². The second kappa shape index (κ2) is 5.98. The van der Waals surface area contributed by atoms with Crippen LogP contribution in [0.1, 0.15) is 46.9 Å². The number of likely N-dealkylation sites (tertiary alicyclic amines) is 1. The highest BCUT2D eigenvalue weighted by atomic mass is 16.5. The molecular weight excluding hydrogens is 320 g/mol. The van der Waals surface area contributed by atoms with Crippen molar-refractivity contribution in [3.63, 3.8) is 0 Å². The minimum Gasteiger partial charge on any atom is -0.361 e. The molecule has 0 aromatic carbocycles. The van der Waals surface area contributed by atoms with Crippen LogP contribution in [0.4, 0.5) is 0 Å². The van der Waals surface area contributed by atoms with Gasteiger partial charge in [-0.1, -0.05) is 11.2 Å². The molecule has 2 aliphatic heterocycles. The number of nitrogens with zero attached hydrogens (tertiary/aromatic N) is 3. The van der Waals surface area contributed by atoms with E-state index in [1.54, 1.807) is 19.3 Å². The lowest BCUT2D eigenvalue weighted by molar-refractivity contribution is -0.121. The first-order valence-corrected chi connectivity index (χ1v) is 8.50. The van der Waals surface area contributed by atoms with Crippen molar-refractivity contribution < 1.29 is 14.1 Å². The summed E-state index contributed by atoms with van der Waals surface area (Å²) in [5.41, 5.74) is 1.24. The standard InChI is InChI=1S/C18H20N4O3/c1-12-15(11-20-25-12)17(24)22-7-4-18(5-8-22)9-14(16(23)21-18)13-3-2-6-19-10-13/h2-3,6,10-11,14H,4-5,7-9H2,1H3,(H,21,23). The summed E-state index contributed by atoms with van der Waals surface area (Å²) in [4.78, 5) is 31.0. The van der Waals surface area contributed by atoms with E-state index in [-0.39, 0.29) is 23.3 Å². The summed E-state index contributed by atoms with van der Waals surface area (Å²) in [6.07, 6.45) is 7.21. The van der Waals surface area contributed by atoms with E-state index in [9.17, 15) is 9.59 Å². The van der Waals surface area contributed by atoms with Gasteiger partial charge >= 0.3 is 0 Å². The zero-order chi connectivity index (χ0) is 17.4. The number of rotatable bonds is 2. The molecule has 0 radical (unpaired) electrons. The van der Waals surface area contributed by atoms with E-state index in [2.05, 4.69) is 15.5 Å². The van der Waals surface area contributed by atoms with Gasteiger partial charge in [-0.25, -0.2) is 0 Å². The maximum Gasteiger partial charge on any atom is 0.259 e. The molecule has 1 spiro atoms. The molecule has 4 rings (SSSR count). The lowest BCUT2D eigenvalue weighted by Gasteiger charge is -2.39. The molecule has 1 atom stereocenters. The zero-order valence-corrected chi connectivity index (χ0v) is 14.1. The Labute approximate surface area is 145 Å². The van der Waals surface area contributed by atoms with Gasteiger partial charge < -0.3 is 14.7 Å². The van der Waals surface area contributed by atoms with E-state index < -0.39 is 0 Å². The molecule has 2 amide bonds. The zero-order valence-electron chi connectivity index (χ0n) is 14.1. The van der Waals surface area contributed by atoms with Crippen molar-refractivity contribution in [1.29, 1.82) is 0 Å². The number of aryl methyl sites for hydroxylation is 1. The minimum absolute atomic E-state index is 0.0540. The van der Waals surface area contributed by atoms with Crippen molar-refractivity contribution in [3.05, 3.63) is 47.6 Å². The van der Waals surface area contributed by atoms with Crippen LogP contribution in [0.3, 0.4) is 0 Å². The Morgan fingerprint density at radius 3 is 2.80 bits per heavy atom. The Hall–Kier alpha value is -2.70. The lowest BCUT2D eigenvalue weighted by Crippen LogP contribution is -2.52. The SMILES string of the molecule is Cc1oncc1C(=O)N1CCC2(CC1)CC(c1cccnc1)C(=O)N2. The number of piperidine rings is 1. The Balaban J connectivity index is 1.44. The summed E-state index contributed by atoms with van der Waals surface area (Å²) in [5.74, 6) is 0.386. The number of aromatic nitrogens is 2. The first-order valence-electron chi connectivity index (χ1n) is 8.50. The molecule has 2 aromatic heterocycles. The maximum atomic E-state index is 12.6. The van der Waals surface area contributed by atoms with Crippen molar-refractivity contribution >= 4 is 11.8 Å². The first kappa shape index (κ1) is 15.8. The quantitative estimate of drug-likeness (QED) is 0.898. The number of hydrogen-bond acceptors (Lipinski definition) is 5. The molecule has 2 aliphatic rings. The van der Waals surface area contributed by atoms with Gasteiger partial charge in [-0.15, -0.1) is 0 Å². The molecule has 2 saturated heterocycles. The molecule has 1 N–H and O–H groups in total. The van der Waals surface area contributed by atoms with E-state index >= 15 is 0 Å². The number of amides is 2. The third kappa shape index (κ3) is 2.79. The van der Waals surface area contributed by atoms with Crippen LogP contribution in [0.25, 0.3) is 0 Å². The molecule has 4 heterocycles. The second-order valence-electron chi connectivity index (χ2n) is 6.90. The van der Waals surface area contributed by atoms with E-state index in [1.165, 1.54) is 6.20 Å². The number of pyridine rings is 1. The van der Waals surface area contributed by atoms with Crippen LogP contribution in [-0.4, -0.2) is 45.5 Å². The normalized spacial score (nSPS) is 22.2. The predicted octanol–water partition coefficient (Wildman–Crippen LogP) is 1.66. The number of nitrogens with one attached hydrogen (secondary N) is 1. The van der Waals surface area contributed by atoms with E-state index in [4.69, 9.17) is 4.52 Å². The van der Waals surface area contributed by atoms with Gasteiger partial charge in [0.1, 0.15) is 11.3 Å². The molecule has 2 fully saturated rings. The lowest BCUT2D eigenvalue weighted by atomic mass is 9.82. The number of carbonyl (C=O) groups excluding carboxylic acids is 2. The average molecular weight is 340 g/mol. The third-order valence-electron chi connectivity index (χ3n) is 5.38. The summed E-state index contributed by atoms with van der Waals surface area (Å²) in [6.45, 7) is 2.97. The van der Waals surface area contributed by atoms with Gasteiger partial charge in [0.15, 0.2) is 0 Å². The summed E-state index contributed by atoms with van der Waals surface area (Å²) in [7, 11) is 0. The van der Waals surface area contributed by atoms with E-state index in [1.807, 2.05) is 17.0 Å². The molecule has 25 heavy (non-hydrogen) atoms. The van der Waals surface area contributed by atoms with Crippen molar-refractivity contribution in [3.8, 4) is 0 Å². The molecule has 0 aliphatic carbocycles. The van der Waals surface area contributed by atoms with Gasteiger partial charge in [-0.05, 0) is 37.8 Å². The monoisotopic (exact) mass is 340 g/mol. The van der Waals surface area contributed by atoms with Crippen LogP contribution in [0.2, 0.25) is 0 Å². The largest absolute Gasteiger partial charge is 0.361 e. The van der Waals surface area contributed by atoms with Gasteiger partial charge in [0.2, 0.25) is 5.91 Å². The first-order chi connectivity index (χ1) is 12.1. The highest BCUT2D eigenvalue weighted by Crippen LogP contribution is 2.39. The minimum atomic E-state index is -0.224. The fourth-order valence-corrected chi connectivity index (χ4v) is 3.88. The fourth-order valence-electron chi connectivity index (χ4n) is 3.88. The molecule has 7 heteroatoms. The van der Waals surface area contributed by atoms with Crippen LogP contribution in [0.5, 0.6) is 0 Å². The van der Waals surface area contributed by atoms with E-state index in [0.29, 0.717) is 24.4 Å². The number of hydrogen-bond donors (Lipinski definition) is 1. The molecule has 0 bridgehead atoms. The molecule has 7 nitrogen and oxygen atoms in total. The number of carbonyl (C=O) groups is 2. The topological polar surface area (TPSA) is 88.3 Å². The Bertz CT molecular complexity index is 794. The molecule has 130 valence electrons. The second-order valence-corrected chi connectivity index (χ2v) is 6.90. The van der Waals surface area contributed by atoms with Gasteiger partial charge in [0.25, 0.3) is 5.91 Å². The van der Waals surface area contributed by atoms with E-state index in [0.717, 1.165) is 24.8 Å². The Morgan fingerprint density at radius 1 is 1.36 bits per heavy atom. The van der Waals surface area contributed by atoms with Crippen molar-refractivity contribution in [2.45, 2.75) is 37.6 Å². The van der Waals surface area contributed by atoms with Crippen LogP contribution in [0, 0.1) is 6.92 Å². The van der Waals surface area contributed by atoms with Crippen LogP contribution in [0.15, 0.2) is 35.2 Å². The van der Waals surface area contributed by atoms with Crippen LogP contribution < -0.4 is 5.32 Å². The molecule has 1 unspecified atom stereocenters. The van der Waals surface area contributed by atoms with Crippen molar-refractivity contribution in [2.24, 2.45) is 0 Å². The Kier molecular flexibility index (Phi) is 3.78. The summed E-state index contributed by atoms with van der Waals surface area (Å²) >= 11 is 0. The maximum absolute atomic E-state index is 12.6. The smallest absolute Gasteiger partial charge is 0.259 e. The van der Waals surface area contributed by atoms with Crippen molar-refractivity contribution in [2.75, 3.05) is 13.1 Å². The molecule has 0 saturated carbocycles. The summed E-state index contributed by atoms with van der Waals surface area (Å²) < 4.78 is 4.99. The highest BCUT2D eigenvalue weighted by Gasteiger charge is 2.46. The van der Waals surface area contributed by atoms with Crippen LogP contribution >= 0.6 is 0 Å². The third-order valence-corrected chi connectivity index (χ3v) is 5.38. The average Bonchev–Trinajstić information content (AvgIpc) is 3.19. The summed E-state index contributed by atoms with van der Waals surface area (Å²) in [6, 6.07) is 3.81. The Morgan fingerprint density at radius 2 is 2.16 bits per heavy atom. The van der Waals surface area contributed by atoms with Crippen molar-refractivity contribution in [1.82, 2.24) is 20.4 Å².